The molecule has 10 rings (SSSR count). The summed E-state index contributed by atoms with van der Waals surface area (Å²) in [4.78, 5) is 70.6. The minimum absolute atomic E-state index is 0.0306. The average Bonchev–Trinajstić information content (AvgIpc) is 4.13. The van der Waals surface area contributed by atoms with E-state index in [0.29, 0.717) is 85.5 Å². The summed E-state index contributed by atoms with van der Waals surface area (Å²) in [5, 5.41) is 12.2. The molecule has 1 aromatic carbocycles. The number of amides is 4. The number of fused-ring (bicyclic) bond motifs is 2. The molecule has 0 spiro atoms. The van der Waals surface area contributed by atoms with E-state index in [9.17, 15) is 19.2 Å². The first-order chi connectivity index (χ1) is 31.1. The summed E-state index contributed by atoms with van der Waals surface area (Å²) in [5.74, 6) is -0.864. The first kappa shape index (κ1) is 41.7. The van der Waals surface area contributed by atoms with Gasteiger partial charge < -0.3 is 19.7 Å². The third kappa shape index (κ3) is 8.54. The van der Waals surface area contributed by atoms with Crippen molar-refractivity contribution in [3.8, 4) is 0 Å². The molecule has 332 valence electrons. The van der Waals surface area contributed by atoms with Gasteiger partial charge in [-0.2, -0.15) is 0 Å². The smallest absolute Gasteiger partial charge is 0.256 e. The second-order valence-corrected chi connectivity index (χ2v) is 17.9. The number of hydrazine groups is 1. The number of anilines is 3. The lowest BCUT2D eigenvalue weighted by Crippen LogP contribution is -2.52. The number of thiazole rings is 1. The summed E-state index contributed by atoms with van der Waals surface area (Å²) in [6.45, 7) is 4.89. The van der Waals surface area contributed by atoms with Gasteiger partial charge in [-0.15, -0.1) is 11.3 Å². The van der Waals surface area contributed by atoms with Crippen molar-refractivity contribution in [1.82, 2.24) is 45.1 Å². The molecule has 8 heterocycles. The van der Waals surface area contributed by atoms with Gasteiger partial charge in [-0.3, -0.25) is 39.7 Å². The molecule has 4 N–H and O–H groups in total. The van der Waals surface area contributed by atoms with Gasteiger partial charge in [0.25, 0.3) is 5.91 Å². The molecule has 4 amide bonds. The van der Waals surface area contributed by atoms with Gasteiger partial charge in [0.2, 0.25) is 17.7 Å². The number of allylic oxidation sites excluding steroid dienone is 2. The molecule has 0 radical (unpaired) electrons. The van der Waals surface area contributed by atoms with Crippen LogP contribution in [-0.2, 0) is 32.1 Å². The molecule has 3 unspecified atom stereocenters. The van der Waals surface area contributed by atoms with Crippen LogP contribution in [0.15, 0.2) is 84.2 Å². The third-order valence-corrected chi connectivity index (χ3v) is 13.7. The van der Waals surface area contributed by atoms with Crippen LogP contribution in [0.2, 0.25) is 0 Å². The van der Waals surface area contributed by atoms with Crippen molar-refractivity contribution in [3.05, 3.63) is 113 Å². The lowest BCUT2D eigenvalue weighted by Gasteiger charge is -2.37. The third-order valence-electron chi connectivity index (χ3n) is 13.0. The predicted molar refractivity (Wildman–Crippen MR) is 236 cm³/mol. The normalized spacial score (nSPS) is 22.0. The van der Waals surface area contributed by atoms with E-state index in [2.05, 4.69) is 45.7 Å². The number of halogens is 2. The van der Waals surface area contributed by atoms with E-state index >= 15 is 8.78 Å². The van der Waals surface area contributed by atoms with Crippen molar-refractivity contribution in [3.63, 3.8) is 0 Å². The standard InChI is InChI=1S/C45H48F2N12O4S/c46-33-20-29(21-36-32(33)24-59(54-36)42(44(63)53-45-48-11-19-64-45)41-37-2-1-12-58(37)26-50-41)28-3-7-38(49-23-28)56-15-17-57(18-16-56)40(61)25-55-13-9-27(10-14-55)31-5-4-30(22-34(31)47)51-35-6-8-39(60)52-43(35)62/h3-5,7,11,19-24,26-27,35-36,42,51,54H,1-2,6,8-10,12-18,25H2,(H,48,53,63)(H,52,60,62). The minimum atomic E-state index is -0.849. The number of rotatable bonds is 11. The lowest BCUT2D eigenvalue weighted by molar-refractivity contribution is -0.134. The quantitative estimate of drug-likeness (QED) is 0.158. The Bertz CT molecular complexity index is 2540. The lowest BCUT2D eigenvalue weighted by atomic mass is 9.89. The number of pyridine rings is 1. The van der Waals surface area contributed by atoms with Crippen LogP contribution in [0, 0.1) is 5.82 Å². The molecule has 19 heteroatoms. The molecule has 3 atom stereocenters. The molecule has 4 aromatic rings. The van der Waals surface area contributed by atoms with E-state index in [-0.39, 0.29) is 35.9 Å². The van der Waals surface area contributed by atoms with Crippen molar-refractivity contribution >= 4 is 57.2 Å². The van der Waals surface area contributed by atoms with Gasteiger partial charge in [0.05, 0.1) is 24.6 Å². The summed E-state index contributed by atoms with van der Waals surface area (Å²) < 4.78 is 33.2. The zero-order chi connectivity index (χ0) is 43.9. The summed E-state index contributed by atoms with van der Waals surface area (Å²) >= 11 is 1.32. The number of hydrogen-bond acceptors (Lipinski definition) is 13. The Balaban J connectivity index is 0.708. The van der Waals surface area contributed by atoms with Gasteiger partial charge in [0.15, 0.2) is 11.2 Å². The van der Waals surface area contributed by atoms with Crippen LogP contribution in [0.25, 0.3) is 5.57 Å². The predicted octanol–water partition coefficient (Wildman–Crippen LogP) is 4.27. The van der Waals surface area contributed by atoms with Crippen LogP contribution in [-0.4, -0.2) is 116 Å². The Morgan fingerprint density at radius 1 is 0.953 bits per heavy atom. The van der Waals surface area contributed by atoms with Gasteiger partial charge in [0, 0.05) is 85.6 Å². The van der Waals surface area contributed by atoms with Gasteiger partial charge in [0.1, 0.15) is 23.5 Å². The van der Waals surface area contributed by atoms with Gasteiger partial charge in [-0.05, 0) is 92.6 Å². The van der Waals surface area contributed by atoms with Crippen LogP contribution >= 0.6 is 11.3 Å². The summed E-state index contributed by atoms with van der Waals surface area (Å²) in [5.41, 5.74) is 7.96. The van der Waals surface area contributed by atoms with E-state index < -0.39 is 29.9 Å². The number of aromatic nitrogens is 4. The molecule has 3 fully saturated rings. The molecular weight excluding hydrogens is 843 g/mol. The van der Waals surface area contributed by atoms with Crippen LogP contribution in [0.1, 0.15) is 66.6 Å². The van der Waals surface area contributed by atoms with Crippen LogP contribution in [0.4, 0.5) is 25.4 Å². The zero-order valence-corrected chi connectivity index (χ0v) is 35.8. The maximum atomic E-state index is 15.9. The van der Waals surface area contributed by atoms with Crippen molar-refractivity contribution in [2.24, 2.45) is 0 Å². The number of imidazole rings is 1. The Morgan fingerprint density at radius 3 is 2.55 bits per heavy atom. The molecule has 16 nitrogen and oxygen atoms in total. The van der Waals surface area contributed by atoms with Crippen molar-refractivity contribution in [2.75, 3.05) is 61.3 Å². The minimum Gasteiger partial charge on any atom is -0.374 e. The van der Waals surface area contributed by atoms with Gasteiger partial charge in [-0.25, -0.2) is 29.2 Å². The monoisotopic (exact) mass is 890 g/mol. The molecule has 3 aromatic heterocycles. The Hall–Kier alpha value is -6.31. The number of nitrogens with one attached hydrogen (secondary N) is 4. The number of carbonyl (C=O) groups excluding carboxylic acids is 4. The van der Waals surface area contributed by atoms with E-state index in [0.717, 1.165) is 49.3 Å². The van der Waals surface area contributed by atoms with Crippen LogP contribution in [0.3, 0.4) is 0 Å². The highest BCUT2D eigenvalue weighted by Gasteiger charge is 2.39. The fraction of sp³-hybridized carbons (Fsp3) is 0.400. The summed E-state index contributed by atoms with van der Waals surface area (Å²) in [7, 11) is 0. The highest BCUT2D eigenvalue weighted by atomic mass is 32.1. The fourth-order valence-electron chi connectivity index (χ4n) is 9.59. The number of hydrogen-bond donors (Lipinski definition) is 4. The number of carbonyl (C=O) groups is 4. The molecule has 5 aliphatic heterocycles. The fourth-order valence-corrected chi connectivity index (χ4v) is 10.1. The second-order valence-electron chi connectivity index (χ2n) is 17.0. The topological polar surface area (TPSA) is 173 Å². The Labute approximate surface area is 372 Å². The number of imide groups is 1. The van der Waals surface area contributed by atoms with E-state index in [4.69, 9.17) is 4.98 Å². The molecule has 3 saturated heterocycles. The largest absolute Gasteiger partial charge is 0.374 e. The average molecular weight is 891 g/mol. The van der Waals surface area contributed by atoms with Crippen molar-refractivity contribution in [2.45, 2.75) is 69.1 Å². The maximum absolute atomic E-state index is 15.9. The highest BCUT2D eigenvalue weighted by molar-refractivity contribution is 7.13. The maximum Gasteiger partial charge on any atom is 0.256 e. The number of benzene rings is 1. The zero-order valence-electron chi connectivity index (χ0n) is 35.0. The molecule has 0 bridgehead atoms. The Kier molecular flexibility index (Phi) is 11.5. The highest BCUT2D eigenvalue weighted by Crippen LogP contribution is 2.38. The molecular formula is C45H48F2N12O4S. The SMILES string of the molecule is O=C1CCC(Nc2ccc(C3CCN(CC(=O)N4CCN(c5ccc(C6=CC7NN(C(C(=O)Nc8nccs8)c8ncn9c8CCC9)C=C7C(F)=C6)cn5)CC4)CC3)c(F)c2)C(=O)N1. The van der Waals surface area contributed by atoms with Crippen LogP contribution in [0.5, 0.6) is 0 Å². The number of likely N-dealkylation sites (tertiary alicyclic amines) is 1. The van der Waals surface area contributed by atoms with E-state index in [1.807, 2.05) is 23.1 Å². The van der Waals surface area contributed by atoms with Gasteiger partial charge in [-0.1, -0.05) is 12.1 Å². The van der Waals surface area contributed by atoms with Gasteiger partial charge >= 0.3 is 0 Å². The summed E-state index contributed by atoms with van der Waals surface area (Å²) in [6.07, 6.45) is 14.1. The van der Waals surface area contributed by atoms with Crippen molar-refractivity contribution in [1.29, 1.82) is 0 Å². The van der Waals surface area contributed by atoms with Crippen LogP contribution < -0.4 is 26.3 Å². The first-order valence-corrected chi connectivity index (χ1v) is 22.7. The van der Waals surface area contributed by atoms with E-state index in [1.54, 1.807) is 47.4 Å². The molecule has 6 aliphatic rings. The number of piperazine rings is 1. The van der Waals surface area contributed by atoms with E-state index in [1.165, 1.54) is 23.5 Å². The number of aryl methyl sites for hydroxylation is 1. The summed E-state index contributed by atoms with van der Waals surface area (Å²) in [6, 6.07) is 6.88. The van der Waals surface area contributed by atoms with Crippen molar-refractivity contribution < 1.29 is 28.0 Å². The molecule has 1 aliphatic carbocycles. The second kappa shape index (κ2) is 17.7. The Morgan fingerprint density at radius 2 is 1.80 bits per heavy atom. The molecule has 0 saturated carbocycles. The number of nitrogens with zero attached hydrogens (tertiary/aromatic N) is 8. The first-order valence-electron chi connectivity index (χ1n) is 21.8. The number of piperidine rings is 2. The molecule has 64 heavy (non-hydrogen) atoms.